The van der Waals surface area contributed by atoms with Gasteiger partial charge >= 0.3 is 0 Å². The highest BCUT2D eigenvalue weighted by Crippen LogP contribution is 2.14. The van der Waals surface area contributed by atoms with Gasteiger partial charge in [-0.25, -0.2) is 0 Å². The van der Waals surface area contributed by atoms with Crippen molar-refractivity contribution >= 4 is 35.1 Å². The summed E-state index contributed by atoms with van der Waals surface area (Å²) < 4.78 is 0. The Hall–Kier alpha value is -1.51. The molecule has 0 spiro atoms. The zero-order valence-corrected chi connectivity index (χ0v) is 10.4. The van der Waals surface area contributed by atoms with Crippen molar-refractivity contribution in [2.75, 3.05) is 5.43 Å². The number of nitrogens with one attached hydrogen (secondary N) is 1. The maximum absolute atomic E-state index is 5.99. The van der Waals surface area contributed by atoms with Crippen molar-refractivity contribution in [3.05, 3.63) is 64.1 Å². The van der Waals surface area contributed by atoms with Crippen molar-refractivity contribution in [1.82, 2.24) is 0 Å². The lowest BCUT2D eigenvalue weighted by Gasteiger charge is -2.00. The fourth-order valence-corrected chi connectivity index (χ4v) is 1.59. The van der Waals surface area contributed by atoms with Crippen LogP contribution in [0.2, 0.25) is 10.0 Å². The molecule has 0 amide bonds. The molecule has 17 heavy (non-hydrogen) atoms. The first-order valence-electron chi connectivity index (χ1n) is 5.05. The van der Waals surface area contributed by atoms with Gasteiger partial charge in [-0.1, -0.05) is 41.4 Å². The van der Waals surface area contributed by atoms with Crippen LogP contribution in [-0.2, 0) is 0 Å². The second kappa shape index (κ2) is 5.71. The van der Waals surface area contributed by atoms with Crippen LogP contribution in [0.25, 0.3) is 0 Å². The van der Waals surface area contributed by atoms with Gasteiger partial charge in [0.25, 0.3) is 0 Å². The summed E-state index contributed by atoms with van der Waals surface area (Å²) in [5, 5.41) is 5.47. The van der Waals surface area contributed by atoms with Crippen molar-refractivity contribution < 1.29 is 0 Å². The molecule has 0 aromatic heterocycles. The lowest BCUT2D eigenvalue weighted by Crippen LogP contribution is -1.90. The van der Waals surface area contributed by atoms with Crippen molar-refractivity contribution in [1.29, 1.82) is 0 Å². The van der Waals surface area contributed by atoms with Gasteiger partial charge in [0.2, 0.25) is 0 Å². The van der Waals surface area contributed by atoms with E-state index in [0.717, 1.165) is 11.3 Å². The normalized spacial score (nSPS) is 10.7. The molecule has 2 aromatic carbocycles. The molecule has 0 saturated carbocycles. The molecular weight excluding hydrogens is 255 g/mol. The van der Waals surface area contributed by atoms with Crippen LogP contribution in [0.1, 0.15) is 5.56 Å². The first-order valence-corrected chi connectivity index (χ1v) is 5.80. The molecule has 0 atom stereocenters. The zero-order valence-electron chi connectivity index (χ0n) is 8.90. The summed E-state index contributed by atoms with van der Waals surface area (Å²) in [6.07, 6.45) is 1.68. The number of halogens is 2. The molecule has 86 valence electrons. The number of hydrogen-bond donors (Lipinski definition) is 1. The first kappa shape index (κ1) is 12.0. The van der Waals surface area contributed by atoms with Crippen LogP contribution in [0.5, 0.6) is 0 Å². The van der Waals surface area contributed by atoms with Gasteiger partial charge in [0.05, 0.1) is 11.9 Å². The molecule has 0 unspecified atom stereocenters. The van der Waals surface area contributed by atoms with E-state index in [1.54, 1.807) is 18.3 Å². The fraction of sp³-hybridized carbons (Fsp3) is 0. The minimum atomic E-state index is 0.675. The van der Waals surface area contributed by atoms with E-state index in [9.17, 15) is 0 Å². The lowest BCUT2D eigenvalue weighted by molar-refractivity contribution is 1.35. The van der Waals surface area contributed by atoms with Crippen molar-refractivity contribution in [2.24, 2.45) is 5.10 Å². The summed E-state index contributed by atoms with van der Waals surface area (Å²) >= 11 is 11.8. The number of hydrogen-bond acceptors (Lipinski definition) is 2. The van der Waals surface area contributed by atoms with Gasteiger partial charge in [0, 0.05) is 15.6 Å². The van der Waals surface area contributed by atoms with Crippen LogP contribution < -0.4 is 5.43 Å². The number of rotatable bonds is 3. The maximum Gasteiger partial charge on any atom is 0.0562 e. The van der Waals surface area contributed by atoms with Gasteiger partial charge in [-0.05, 0) is 30.3 Å². The summed E-state index contributed by atoms with van der Waals surface area (Å²) in [7, 11) is 0. The summed E-state index contributed by atoms with van der Waals surface area (Å²) in [6.45, 7) is 0. The van der Waals surface area contributed by atoms with Gasteiger partial charge in [-0.3, -0.25) is 5.43 Å². The molecule has 2 aromatic rings. The van der Waals surface area contributed by atoms with Crippen LogP contribution >= 0.6 is 23.2 Å². The van der Waals surface area contributed by atoms with E-state index in [1.165, 1.54) is 0 Å². The van der Waals surface area contributed by atoms with E-state index in [0.29, 0.717) is 10.0 Å². The average Bonchev–Trinajstić information content (AvgIpc) is 2.34. The third-order valence-corrected chi connectivity index (χ3v) is 2.74. The Labute approximate surface area is 110 Å². The highest BCUT2D eigenvalue weighted by atomic mass is 35.5. The first-order chi connectivity index (χ1) is 8.25. The second-order valence-corrected chi connectivity index (χ2v) is 4.24. The topological polar surface area (TPSA) is 24.4 Å². The van der Waals surface area contributed by atoms with E-state index in [4.69, 9.17) is 23.2 Å². The Balaban J connectivity index is 2.03. The minimum Gasteiger partial charge on any atom is -0.279 e. The molecule has 0 saturated heterocycles. The Morgan fingerprint density at radius 3 is 2.35 bits per heavy atom. The van der Waals surface area contributed by atoms with E-state index >= 15 is 0 Å². The van der Waals surface area contributed by atoms with Gasteiger partial charge in [0.15, 0.2) is 0 Å². The van der Waals surface area contributed by atoms with Gasteiger partial charge < -0.3 is 0 Å². The Morgan fingerprint density at radius 2 is 1.65 bits per heavy atom. The highest BCUT2D eigenvalue weighted by molar-refractivity contribution is 6.33. The molecule has 2 rings (SSSR count). The molecule has 0 aliphatic heterocycles. The van der Waals surface area contributed by atoms with Crippen LogP contribution in [-0.4, -0.2) is 6.21 Å². The van der Waals surface area contributed by atoms with Crippen molar-refractivity contribution in [3.63, 3.8) is 0 Å². The Morgan fingerprint density at radius 1 is 0.941 bits per heavy atom. The van der Waals surface area contributed by atoms with Crippen molar-refractivity contribution in [3.8, 4) is 0 Å². The zero-order chi connectivity index (χ0) is 12.1. The summed E-state index contributed by atoms with van der Waals surface area (Å²) in [4.78, 5) is 0. The van der Waals surface area contributed by atoms with Gasteiger partial charge in [0.1, 0.15) is 0 Å². The molecule has 0 aliphatic rings. The van der Waals surface area contributed by atoms with Crippen LogP contribution in [0.4, 0.5) is 5.69 Å². The molecular formula is C13H10Cl2N2. The number of nitrogens with zero attached hydrogens (tertiary/aromatic N) is 1. The van der Waals surface area contributed by atoms with E-state index in [-0.39, 0.29) is 0 Å². The molecule has 0 heterocycles. The van der Waals surface area contributed by atoms with E-state index < -0.39 is 0 Å². The average molecular weight is 265 g/mol. The SMILES string of the molecule is Clc1ccc(N/N=C\c2ccccc2Cl)cc1. The summed E-state index contributed by atoms with van der Waals surface area (Å²) in [5.74, 6) is 0. The van der Waals surface area contributed by atoms with E-state index in [2.05, 4.69) is 10.5 Å². The highest BCUT2D eigenvalue weighted by Gasteiger charge is 1.94. The molecule has 0 radical (unpaired) electrons. The minimum absolute atomic E-state index is 0.675. The van der Waals surface area contributed by atoms with Crippen LogP contribution in [0, 0.1) is 0 Å². The third-order valence-electron chi connectivity index (χ3n) is 2.15. The summed E-state index contributed by atoms with van der Waals surface area (Å²) in [6, 6.07) is 14.8. The van der Waals surface area contributed by atoms with Gasteiger partial charge in [-0.2, -0.15) is 5.10 Å². The second-order valence-electron chi connectivity index (χ2n) is 3.40. The quantitative estimate of drug-likeness (QED) is 0.644. The predicted molar refractivity (Wildman–Crippen MR) is 74.1 cm³/mol. The smallest absolute Gasteiger partial charge is 0.0562 e. The Kier molecular flexibility index (Phi) is 4.02. The number of anilines is 1. The maximum atomic E-state index is 5.99. The summed E-state index contributed by atoms with van der Waals surface area (Å²) in [5.41, 5.74) is 4.64. The van der Waals surface area contributed by atoms with Crippen LogP contribution in [0.3, 0.4) is 0 Å². The molecule has 2 nitrogen and oxygen atoms in total. The third kappa shape index (κ3) is 3.48. The molecule has 1 N–H and O–H groups in total. The molecule has 0 fully saturated rings. The monoisotopic (exact) mass is 264 g/mol. The fourth-order valence-electron chi connectivity index (χ4n) is 1.28. The number of benzene rings is 2. The largest absolute Gasteiger partial charge is 0.279 e. The number of hydrazone groups is 1. The Bertz CT molecular complexity index is 521. The van der Waals surface area contributed by atoms with Crippen molar-refractivity contribution in [2.45, 2.75) is 0 Å². The predicted octanol–water partition coefficient (Wildman–Crippen LogP) is 4.44. The van der Waals surface area contributed by atoms with Gasteiger partial charge in [-0.15, -0.1) is 0 Å². The molecule has 0 aliphatic carbocycles. The molecule has 0 bridgehead atoms. The lowest BCUT2D eigenvalue weighted by atomic mass is 10.2. The van der Waals surface area contributed by atoms with Crippen LogP contribution in [0.15, 0.2) is 53.6 Å². The van der Waals surface area contributed by atoms with E-state index in [1.807, 2.05) is 36.4 Å². The standard InChI is InChI=1S/C13H10Cl2N2/c14-11-5-7-12(8-6-11)17-16-9-10-3-1-2-4-13(10)15/h1-9,17H/b16-9-. The molecule has 4 heteroatoms.